The van der Waals surface area contributed by atoms with Crippen LogP contribution in [-0.2, 0) is 26.2 Å². The molecule has 0 aliphatic heterocycles. The van der Waals surface area contributed by atoms with E-state index in [1.54, 1.807) is 19.1 Å². The number of amides is 2. The molecule has 0 unspecified atom stereocenters. The minimum atomic E-state index is -3.82. The first-order valence-corrected chi connectivity index (χ1v) is 11.8. The predicted molar refractivity (Wildman–Crippen MR) is 119 cm³/mol. The molecular formula is C21H25ClFN3O4S. The van der Waals surface area contributed by atoms with Gasteiger partial charge in [-0.3, -0.25) is 13.9 Å². The van der Waals surface area contributed by atoms with Gasteiger partial charge in [0.2, 0.25) is 21.8 Å². The third kappa shape index (κ3) is 6.67. The summed E-state index contributed by atoms with van der Waals surface area (Å²) in [6, 6.07) is 10.8. The Morgan fingerprint density at radius 3 is 2.32 bits per heavy atom. The van der Waals surface area contributed by atoms with Crippen LogP contribution in [-0.4, -0.2) is 51.0 Å². The van der Waals surface area contributed by atoms with Crippen LogP contribution in [0.3, 0.4) is 0 Å². The van der Waals surface area contributed by atoms with Gasteiger partial charge in [0.15, 0.2) is 0 Å². The van der Waals surface area contributed by atoms with Crippen molar-refractivity contribution in [3.8, 4) is 0 Å². The number of benzene rings is 2. The molecule has 0 aromatic heterocycles. The van der Waals surface area contributed by atoms with Crippen LogP contribution < -0.4 is 9.62 Å². The number of hydrogen-bond donors (Lipinski definition) is 1. The standard InChI is InChI=1S/C21H25ClFN3O4S/c1-4-19(21(28)24-2)25(13-15-8-10-17(23)11-9-15)20(27)14-26(31(3,29)30)18-7-5-6-16(22)12-18/h5-12,19H,4,13-14H2,1-3H3,(H,24,28)/t19-/m1/s1. The molecule has 2 aromatic carbocycles. The van der Waals surface area contributed by atoms with E-state index in [2.05, 4.69) is 5.32 Å². The highest BCUT2D eigenvalue weighted by molar-refractivity contribution is 7.92. The molecule has 1 N–H and O–H groups in total. The van der Waals surface area contributed by atoms with Gasteiger partial charge in [-0.05, 0) is 42.3 Å². The molecule has 0 fully saturated rings. The van der Waals surface area contributed by atoms with E-state index in [1.807, 2.05) is 0 Å². The summed E-state index contributed by atoms with van der Waals surface area (Å²) in [4.78, 5) is 27.0. The Hall–Kier alpha value is -2.65. The van der Waals surface area contributed by atoms with Crippen molar-refractivity contribution in [1.29, 1.82) is 0 Å². The summed E-state index contributed by atoms with van der Waals surface area (Å²) in [5.74, 6) is -1.39. The van der Waals surface area contributed by atoms with Crippen molar-refractivity contribution < 1.29 is 22.4 Å². The van der Waals surface area contributed by atoms with Crippen molar-refractivity contribution in [2.24, 2.45) is 0 Å². The fourth-order valence-corrected chi connectivity index (χ4v) is 4.14. The maximum absolute atomic E-state index is 13.3. The van der Waals surface area contributed by atoms with E-state index < -0.39 is 34.3 Å². The van der Waals surface area contributed by atoms with Crippen molar-refractivity contribution >= 4 is 39.1 Å². The molecule has 7 nitrogen and oxygen atoms in total. The number of carbonyl (C=O) groups is 2. The molecule has 1 atom stereocenters. The first-order valence-electron chi connectivity index (χ1n) is 9.55. The van der Waals surface area contributed by atoms with E-state index in [9.17, 15) is 22.4 Å². The Kier molecular flexibility index (Phi) is 8.41. The van der Waals surface area contributed by atoms with Gasteiger partial charge in [0.05, 0.1) is 11.9 Å². The summed E-state index contributed by atoms with van der Waals surface area (Å²) in [6.07, 6.45) is 1.30. The van der Waals surface area contributed by atoms with Crippen molar-refractivity contribution in [3.05, 3.63) is 64.9 Å². The quantitative estimate of drug-likeness (QED) is 0.611. The van der Waals surface area contributed by atoms with Gasteiger partial charge in [-0.25, -0.2) is 12.8 Å². The lowest BCUT2D eigenvalue weighted by Gasteiger charge is -2.32. The minimum absolute atomic E-state index is 0.0121. The lowest BCUT2D eigenvalue weighted by molar-refractivity contribution is -0.140. The molecule has 168 valence electrons. The summed E-state index contributed by atoms with van der Waals surface area (Å²) >= 11 is 5.99. The summed E-state index contributed by atoms with van der Waals surface area (Å²) in [6.45, 7) is 1.24. The van der Waals surface area contributed by atoms with Crippen LogP contribution >= 0.6 is 11.6 Å². The van der Waals surface area contributed by atoms with Crippen LogP contribution in [0.4, 0.5) is 10.1 Å². The predicted octanol–water partition coefficient (Wildman–Crippen LogP) is 2.80. The Labute approximate surface area is 186 Å². The summed E-state index contributed by atoms with van der Waals surface area (Å²) < 4.78 is 39.1. The maximum atomic E-state index is 13.3. The molecule has 2 aromatic rings. The van der Waals surface area contributed by atoms with Crippen molar-refractivity contribution in [2.45, 2.75) is 25.9 Å². The van der Waals surface area contributed by atoms with Crippen molar-refractivity contribution in [1.82, 2.24) is 10.2 Å². The number of hydrogen-bond acceptors (Lipinski definition) is 4. The Balaban J connectivity index is 2.41. The van der Waals surface area contributed by atoms with Crippen molar-refractivity contribution in [2.75, 3.05) is 24.2 Å². The number of sulfonamides is 1. The average Bonchev–Trinajstić information content (AvgIpc) is 2.72. The average molecular weight is 470 g/mol. The molecule has 0 saturated carbocycles. The second-order valence-electron chi connectivity index (χ2n) is 6.94. The zero-order valence-corrected chi connectivity index (χ0v) is 19.1. The zero-order chi connectivity index (χ0) is 23.2. The maximum Gasteiger partial charge on any atom is 0.244 e. The highest BCUT2D eigenvalue weighted by Crippen LogP contribution is 2.23. The molecule has 0 heterocycles. The number of nitrogens with zero attached hydrogens (tertiary/aromatic N) is 2. The number of rotatable bonds is 9. The van der Waals surface area contributed by atoms with Crippen LogP contribution in [0.15, 0.2) is 48.5 Å². The molecule has 0 radical (unpaired) electrons. The largest absolute Gasteiger partial charge is 0.357 e. The van der Waals surface area contributed by atoms with Gasteiger partial charge in [0.25, 0.3) is 0 Å². The lowest BCUT2D eigenvalue weighted by atomic mass is 10.1. The Morgan fingerprint density at radius 1 is 1.16 bits per heavy atom. The first-order chi connectivity index (χ1) is 14.6. The molecular weight excluding hydrogens is 445 g/mol. The second kappa shape index (κ2) is 10.6. The van der Waals surface area contributed by atoms with Crippen LogP contribution in [0.5, 0.6) is 0 Å². The molecule has 0 saturated heterocycles. The second-order valence-corrected chi connectivity index (χ2v) is 9.28. The van der Waals surface area contributed by atoms with E-state index in [4.69, 9.17) is 11.6 Å². The van der Waals surface area contributed by atoms with E-state index in [0.29, 0.717) is 17.0 Å². The van der Waals surface area contributed by atoms with E-state index >= 15 is 0 Å². The van der Waals surface area contributed by atoms with E-state index in [0.717, 1.165) is 10.6 Å². The smallest absolute Gasteiger partial charge is 0.244 e. The zero-order valence-electron chi connectivity index (χ0n) is 17.5. The minimum Gasteiger partial charge on any atom is -0.357 e. The van der Waals surface area contributed by atoms with Gasteiger partial charge in [0, 0.05) is 18.6 Å². The van der Waals surface area contributed by atoms with Gasteiger partial charge >= 0.3 is 0 Å². The molecule has 0 spiro atoms. The number of anilines is 1. The SMILES string of the molecule is CC[C@H](C(=O)NC)N(Cc1ccc(F)cc1)C(=O)CN(c1cccc(Cl)c1)S(C)(=O)=O. The van der Waals surface area contributed by atoms with Gasteiger partial charge in [0.1, 0.15) is 18.4 Å². The highest BCUT2D eigenvalue weighted by Gasteiger charge is 2.31. The van der Waals surface area contributed by atoms with Crippen molar-refractivity contribution in [3.63, 3.8) is 0 Å². The summed E-state index contributed by atoms with van der Waals surface area (Å²) in [5, 5.41) is 2.84. The number of nitrogens with one attached hydrogen (secondary N) is 1. The van der Waals surface area contributed by atoms with Gasteiger partial charge in [-0.1, -0.05) is 36.7 Å². The fourth-order valence-electron chi connectivity index (χ4n) is 3.12. The third-order valence-electron chi connectivity index (χ3n) is 4.67. The molecule has 2 amide bonds. The Morgan fingerprint density at radius 2 is 1.81 bits per heavy atom. The van der Waals surface area contributed by atoms with Gasteiger partial charge in [-0.15, -0.1) is 0 Å². The highest BCUT2D eigenvalue weighted by atomic mass is 35.5. The number of likely N-dealkylation sites (N-methyl/N-ethyl adjacent to an activating group) is 1. The summed E-state index contributed by atoms with van der Waals surface area (Å²) in [7, 11) is -2.36. The monoisotopic (exact) mass is 469 g/mol. The van der Waals surface area contributed by atoms with E-state index in [-0.39, 0.29) is 18.1 Å². The number of halogens is 2. The molecule has 31 heavy (non-hydrogen) atoms. The first kappa shape index (κ1) is 24.6. The third-order valence-corrected chi connectivity index (χ3v) is 6.05. The van der Waals surface area contributed by atoms with Crippen LogP contribution in [0.25, 0.3) is 0 Å². The van der Waals surface area contributed by atoms with Gasteiger partial charge < -0.3 is 10.2 Å². The Bertz CT molecular complexity index is 1030. The lowest BCUT2D eigenvalue weighted by Crippen LogP contribution is -2.51. The molecule has 2 rings (SSSR count). The van der Waals surface area contributed by atoms with Crippen LogP contribution in [0.2, 0.25) is 5.02 Å². The fraction of sp³-hybridized carbons (Fsp3) is 0.333. The topological polar surface area (TPSA) is 86.8 Å². The molecule has 0 aliphatic rings. The molecule has 0 aliphatic carbocycles. The van der Waals surface area contributed by atoms with Gasteiger partial charge in [-0.2, -0.15) is 0 Å². The normalized spacial score (nSPS) is 12.2. The molecule has 10 heteroatoms. The molecule has 0 bridgehead atoms. The van der Waals surface area contributed by atoms with Crippen LogP contribution in [0, 0.1) is 5.82 Å². The number of carbonyl (C=O) groups excluding carboxylic acids is 2. The van der Waals surface area contributed by atoms with E-state index in [1.165, 1.54) is 48.3 Å². The van der Waals surface area contributed by atoms with Crippen LogP contribution in [0.1, 0.15) is 18.9 Å². The summed E-state index contributed by atoms with van der Waals surface area (Å²) in [5.41, 5.74) is 0.837.